The van der Waals surface area contributed by atoms with Crippen LogP contribution in [0.2, 0.25) is 0 Å². The van der Waals surface area contributed by atoms with Crippen molar-refractivity contribution in [2.45, 2.75) is 13.8 Å². The van der Waals surface area contributed by atoms with Crippen LogP contribution in [0.5, 0.6) is 5.75 Å². The van der Waals surface area contributed by atoms with Crippen LogP contribution < -0.4 is 4.90 Å². The van der Waals surface area contributed by atoms with Crippen molar-refractivity contribution in [2.75, 3.05) is 18.1 Å². The third-order valence-corrected chi connectivity index (χ3v) is 2.22. The number of benzene rings is 1. The Morgan fingerprint density at radius 2 is 2.11 bits per heavy atom. The molecule has 0 unspecified atom stereocenters. The molecule has 0 heterocycles. The SMILES string of the molecule is CCOC(=O)CN(C(C)=O)c1ccc(O)c(F)c1. The topological polar surface area (TPSA) is 66.8 Å². The predicted octanol–water partition coefficient (Wildman–Crippen LogP) is 1.45. The van der Waals surface area contributed by atoms with E-state index in [-0.39, 0.29) is 18.8 Å². The van der Waals surface area contributed by atoms with Crippen molar-refractivity contribution < 1.29 is 23.8 Å². The molecule has 1 aromatic carbocycles. The van der Waals surface area contributed by atoms with Gasteiger partial charge < -0.3 is 14.7 Å². The minimum absolute atomic E-state index is 0.186. The van der Waals surface area contributed by atoms with Gasteiger partial charge in [-0.2, -0.15) is 0 Å². The molecule has 0 saturated carbocycles. The monoisotopic (exact) mass is 255 g/mol. The zero-order valence-electron chi connectivity index (χ0n) is 10.1. The van der Waals surface area contributed by atoms with Gasteiger partial charge in [0.05, 0.1) is 6.61 Å². The van der Waals surface area contributed by atoms with Crippen molar-refractivity contribution in [3.05, 3.63) is 24.0 Å². The Morgan fingerprint density at radius 1 is 1.44 bits per heavy atom. The highest BCUT2D eigenvalue weighted by atomic mass is 19.1. The van der Waals surface area contributed by atoms with Gasteiger partial charge in [-0.05, 0) is 19.1 Å². The van der Waals surface area contributed by atoms with Crippen molar-refractivity contribution in [1.29, 1.82) is 0 Å². The molecule has 6 heteroatoms. The largest absolute Gasteiger partial charge is 0.505 e. The fraction of sp³-hybridized carbons (Fsp3) is 0.333. The molecule has 1 N–H and O–H groups in total. The first kappa shape index (κ1) is 14.0. The lowest BCUT2D eigenvalue weighted by Crippen LogP contribution is -2.34. The van der Waals surface area contributed by atoms with Gasteiger partial charge in [0.15, 0.2) is 11.6 Å². The van der Waals surface area contributed by atoms with Gasteiger partial charge in [-0.15, -0.1) is 0 Å². The highest BCUT2D eigenvalue weighted by molar-refractivity contribution is 5.96. The molecule has 0 aliphatic heterocycles. The average molecular weight is 255 g/mol. The summed E-state index contributed by atoms with van der Waals surface area (Å²) in [6.45, 7) is 2.81. The maximum Gasteiger partial charge on any atom is 0.326 e. The van der Waals surface area contributed by atoms with Gasteiger partial charge in [0.2, 0.25) is 5.91 Å². The summed E-state index contributed by atoms with van der Waals surface area (Å²) in [5.74, 6) is -2.38. The van der Waals surface area contributed by atoms with Crippen LogP contribution in [0.1, 0.15) is 13.8 Å². The first-order valence-electron chi connectivity index (χ1n) is 5.38. The highest BCUT2D eigenvalue weighted by Crippen LogP contribution is 2.22. The van der Waals surface area contributed by atoms with Crippen molar-refractivity contribution in [1.82, 2.24) is 0 Å². The minimum atomic E-state index is -0.859. The molecule has 0 aliphatic carbocycles. The smallest absolute Gasteiger partial charge is 0.326 e. The van der Waals surface area contributed by atoms with Crippen LogP contribution in [0.4, 0.5) is 10.1 Å². The Balaban J connectivity index is 2.94. The molecule has 1 aromatic rings. The lowest BCUT2D eigenvalue weighted by molar-refractivity contribution is -0.142. The standard InChI is InChI=1S/C12H14FNO4/c1-3-18-12(17)7-14(8(2)15)9-4-5-11(16)10(13)6-9/h4-6,16H,3,7H2,1-2H3. The molecule has 1 amide bonds. The van der Waals surface area contributed by atoms with E-state index in [0.717, 1.165) is 17.0 Å². The summed E-state index contributed by atoms with van der Waals surface area (Å²) in [7, 11) is 0. The van der Waals surface area contributed by atoms with Crippen LogP contribution >= 0.6 is 0 Å². The van der Waals surface area contributed by atoms with Crippen LogP contribution in [0.15, 0.2) is 18.2 Å². The fourth-order valence-electron chi connectivity index (χ4n) is 1.38. The first-order chi connectivity index (χ1) is 8.45. The van der Waals surface area contributed by atoms with Gasteiger partial charge in [-0.25, -0.2) is 4.39 Å². The van der Waals surface area contributed by atoms with Crippen LogP contribution in [0.25, 0.3) is 0 Å². The molecule has 98 valence electrons. The van der Waals surface area contributed by atoms with Crippen LogP contribution in [-0.4, -0.2) is 30.1 Å². The third kappa shape index (κ3) is 3.44. The van der Waals surface area contributed by atoms with E-state index >= 15 is 0 Å². The highest BCUT2D eigenvalue weighted by Gasteiger charge is 2.17. The number of carbonyl (C=O) groups excluding carboxylic acids is 2. The number of hydrogen-bond acceptors (Lipinski definition) is 4. The summed E-state index contributed by atoms with van der Waals surface area (Å²) >= 11 is 0. The van der Waals surface area contributed by atoms with Gasteiger partial charge in [0.1, 0.15) is 6.54 Å². The maximum atomic E-state index is 13.2. The molecule has 0 aromatic heterocycles. The molecule has 1 rings (SSSR count). The van der Waals surface area contributed by atoms with E-state index in [1.54, 1.807) is 6.92 Å². The van der Waals surface area contributed by atoms with Gasteiger partial charge >= 0.3 is 5.97 Å². The van der Waals surface area contributed by atoms with Gasteiger partial charge in [-0.3, -0.25) is 9.59 Å². The second-order valence-electron chi connectivity index (χ2n) is 3.55. The molecule has 0 bridgehead atoms. The van der Waals surface area contributed by atoms with E-state index in [1.165, 1.54) is 13.0 Å². The summed E-state index contributed by atoms with van der Waals surface area (Å²) < 4.78 is 17.9. The number of rotatable bonds is 4. The van der Waals surface area contributed by atoms with Crippen molar-refractivity contribution in [3.63, 3.8) is 0 Å². The van der Waals surface area contributed by atoms with Crippen molar-refractivity contribution in [2.24, 2.45) is 0 Å². The first-order valence-corrected chi connectivity index (χ1v) is 5.38. The van der Waals surface area contributed by atoms with E-state index < -0.39 is 23.4 Å². The van der Waals surface area contributed by atoms with Crippen molar-refractivity contribution in [3.8, 4) is 5.75 Å². The number of phenolic OH excluding ortho intramolecular Hbond substituents is 1. The number of amides is 1. The molecule has 0 aliphatic rings. The molecular weight excluding hydrogens is 241 g/mol. The van der Waals surface area contributed by atoms with E-state index in [2.05, 4.69) is 0 Å². The Bertz CT molecular complexity index is 461. The number of carbonyl (C=O) groups is 2. The van der Waals surface area contributed by atoms with Gasteiger partial charge in [0, 0.05) is 18.7 Å². The van der Waals surface area contributed by atoms with E-state index in [1.807, 2.05) is 0 Å². The maximum absolute atomic E-state index is 13.2. The summed E-state index contributed by atoms with van der Waals surface area (Å²) in [6, 6.07) is 3.45. The summed E-state index contributed by atoms with van der Waals surface area (Å²) in [5.41, 5.74) is 0.186. The molecule has 0 saturated heterocycles. The second-order valence-corrected chi connectivity index (χ2v) is 3.55. The summed E-state index contributed by atoms with van der Waals surface area (Å²) in [4.78, 5) is 23.8. The number of nitrogens with zero attached hydrogens (tertiary/aromatic N) is 1. The number of ether oxygens (including phenoxy) is 1. The lowest BCUT2D eigenvalue weighted by Gasteiger charge is -2.20. The minimum Gasteiger partial charge on any atom is -0.505 e. The summed E-state index contributed by atoms with van der Waals surface area (Å²) in [6.07, 6.45) is 0. The van der Waals surface area contributed by atoms with E-state index in [0.29, 0.717) is 0 Å². The molecular formula is C12H14FNO4. The van der Waals surface area contributed by atoms with E-state index in [4.69, 9.17) is 9.84 Å². The Kier molecular flexibility index (Phi) is 4.65. The number of aromatic hydroxyl groups is 1. The fourth-order valence-corrected chi connectivity index (χ4v) is 1.38. The van der Waals surface area contributed by atoms with Crippen LogP contribution in [0, 0.1) is 5.82 Å². The molecule has 5 nitrogen and oxygen atoms in total. The predicted molar refractivity (Wildman–Crippen MR) is 62.7 cm³/mol. The molecule has 0 radical (unpaired) electrons. The lowest BCUT2D eigenvalue weighted by atomic mass is 10.2. The number of halogens is 1. The molecule has 0 spiro atoms. The van der Waals surface area contributed by atoms with Gasteiger partial charge in [0.25, 0.3) is 0 Å². The Labute approximate surface area is 104 Å². The van der Waals surface area contributed by atoms with Crippen LogP contribution in [0.3, 0.4) is 0 Å². The zero-order valence-corrected chi connectivity index (χ0v) is 10.1. The Hall–Kier alpha value is -2.11. The molecule has 18 heavy (non-hydrogen) atoms. The molecule has 0 fully saturated rings. The van der Waals surface area contributed by atoms with Crippen LogP contribution in [-0.2, 0) is 14.3 Å². The quantitative estimate of drug-likeness (QED) is 0.827. The number of phenols is 1. The van der Waals surface area contributed by atoms with E-state index in [9.17, 15) is 14.0 Å². The van der Waals surface area contributed by atoms with Gasteiger partial charge in [-0.1, -0.05) is 0 Å². The second kappa shape index (κ2) is 6.00. The number of esters is 1. The Morgan fingerprint density at radius 3 is 2.61 bits per heavy atom. The summed E-state index contributed by atoms with van der Waals surface area (Å²) in [5, 5.41) is 9.06. The molecule has 0 atom stereocenters. The average Bonchev–Trinajstić information content (AvgIpc) is 2.30. The third-order valence-electron chi connectivity index (χ3n) is 2.22. The number of anilines is 1. The van der Waals surface area contributed by atoms with Crippen molar-refractivity contribution >= 4 is 17.6 Å². The zero-order chi connectivity index (χ0) is 13.7. The normalized spacial score (nSPS) is 9.94. The number of hydrogen-bond donors (Lipinski definition) is 1.